The number of hydrogen-bond acceptors (Lipinski definition) is 9. The molecule has 0 unspecified atom stereocenters. The van der Waals surface area contributed by atoms with Crippen LogP contribution in [0.1, 0.15) is 41.3 Å². The third-order valence-electron chi connectivity index (χ3n) is 6.25. The Balaban J connectivity index is 0.000000323. The van der Waals surface area contributed by atoms with Crippen molar-refractivity contribution in [2.45, 2.75) is 34.2 Å². The van der Waals surface area contributed by atoms with E-state index in [1.807, 2.05) is 59.1 Å². The molecule has 48 heavy (non-hydrogen) atoms. The number of benzene rings is 2. The van der Waals surface area contributed by atoms with Crippen LogP contribution < -0.4 is 20.3 Å². The number of ether oxygens (including phenoxy) is 2. The molecule has 1 aliphatic rings. The number of rotatable bonds is 9. The van der Waals surface area contributed by atoms with E-state index >= 15 is 0 Å². The third kappa shape index (κ3) is 11.7. The minimum atomic E-state index is -0.322. The first-order valence-corrected chi connectivity index (χ1v) is 15.4. The molecule has 0 aliphatic carbocycles. The topological polar surface area (TPSA) is 139 Å². The fourth-order valence-electron chi connectivity index (χ4n) is 4.12. The summed E-state index contributed by atoms with van der Waals surface area (Å²) in [5.74, 6) is 2.16. The molecular formula is C36H45N7O5. The summed E-state index contributed by atoms with van der Waals surface area (Å²) in [6.07, 6.45) is 5.17. The van der Waals surface area contributed by atoms with Gasteiger partial charge in [0.25, 0.3) is 0 Å². The van der Waals surface area contributed by atoms with Crippen LogP contribution in [0.2, 0.25) is 0 Å². The highest BCUT2D eigenvalue weighted by Crippen LogP contribution is 2.34. The van der Waals surface area contributed by atoms with Gasteiger partial charge in [-0.3, -0.25) is 14.6 Å². The highest BCUT2D eigenvalue weighted by molar-refractivity contribution is 6.02. The maximum atomic E-state index is 13.1. The smallest absolute Gasteiger partial charge is 0.330 e. The quantitative estimate of drug-likeness (QED) is 0.153. The molecule has 0 fully saturated rings. The molecule has 0 saturated heterocycles. The van der Waals surface area contributed by atoms with Gasteiger partial charge in [-0.05, 0) is 70.4 Å². The van der Waals surface area contributed by atoms with Gasteiger partial charge >= 0.3 is 6.03 Å². The predicted molar refractivity (Wildman–Crippen MR) is 189 cm³/mol. The molecule has 0 radical (unpaired) electrons. The first-order valence-electron chi connectivity index (χ1n) is 15.4. The number of pyridine rings is 1. The Morgan fingerprint density at radius 3 is 2.38 bits per heavy atom. The van der Waals surface area contributed by atoms with Gasteiger partial charge in [0.15, 0.2) is 6.29 Å². The van der Waals surface area contributed by atoms with Crippen molar-refractivity contribution in [1.82, 2.24) is 25.2 Å². The summed E-state index contributed by atoms with van der Waals surface area (Å²) in [6, 6.07) is 17.9. The Labute approximate surface area is 282 Å². The van der Waals surface area contributed by atoms with E-state index in [1.165, 1.54) is 16.5 Å². The van der Waals surface area contributed by atoms with Crippen LogP contribution in [-0.2, 0) is 16.1 Å². The zero-order valence-corrected chi connectivity index (χ0v) is 28.7. The molecule has 12 heteroatoms. The second kappa shape index (κ2) is 20.6. The zero-order chi connectivity index (χ0) is 35.5. The number of anilines is 3. The number of methoxy groups -OCH3 is 1. The SMILES string of the molecule is C=CC(=O)Nc1cccc(N2C(=O)N(CCOC)Cc3cnc(C)nc32)c1.CC.CNC.Cc1ccc(Oc2ccnc(C=O)c2)cc1. The summed E-state index contributed by atoms with van der Waals surface area (Å²) in [5.41, 5.74) is 3.55. The lowest BCUT2D eigenvalue weighted by Crippen LogP contribution is -2.46. The van der Waals surface area contributed by atoms with Gasteiger partial charge in [0.05, 0.1) is 18.8 Å². The summed E-state index contributed by atoms with van der Waals surface area (Å²) >= 11 is 0. The first kappa shape index (κ1) is 38.7. The number of nitrogens with zero attached hydrogens (tertiary/aromatic N) is 5. The van der Waals surface area contributed by atoms with Crippen LogP contribution in [0.25, 0.3) is 0 Å². The van der Waals surface area contributed by atoms with Crippen molar-refractivity contribution < 1.29 is 23.9 Å². The van der Waals surface area contributed by atoms with E-state index in [9.17, 15) is 14.4 Å². The lowest BCUT2D eigenvalue weighted by atomic mass is 10.1. The minimum absolute atomic E-state index is 0.204. The van der Waals surface area contributed by atoms with Gasteiger partial charge < -0.3 is 25.0 Å². The second-order valence-electron chi connectivity index (χ2n) is 9.99. The summed E-state index contributed by atoms with van der Waals surface area (Å²) in [5, 5.41) is 5.46. The predicted octanol–water partition coefficient (Wildman–Crippen LogP) is 6.49. The Kier molecular flexibility index (Phi) is 16.6. The maximum Gasteiger partial charge on any atom is 0.330 e. The number of amides is 3. The molecule has 0 spiro atoms. The van der Waals surface area contributed by atoms with Crippen molar-refractivity contribution in [3.63, 3.8) is 0 Å². The standard InChI is InChI=1S/C19H21N5O3.C13H11NO2.C2H7N.C2H6/c1-4-17(25)22-15-6-5-7-16(10-15)24-18-14(11-20-13(2)21-18)12-23(19(24)26)8-9-27-3;1-10-2-4-12(5-3-10)16-13-6-7-14-11(8-13)9-15;1-3-2;1-2/h4-7,10-11H,1,8-9,12H2,2-3H3,(H,22,25);2-9H,1H3;3H,1-2H3;1-2H3. The van der Waals surface area contributed by atoms with Crippen LogP contribution in [0, 0.1) is 13.8 Å². The zero-order valence-electron chi connectivity index (χ0n) is 28.7. The molecule has 3 amide bonds. The van der Waals surface area contributed by atoms with Crippen molar-refractivity contribution in [3.05, 3.63) is 108 Å². The molecule has 5 rings (SSSR count). The maximum absolute atomic E-state index is 13.1. The monoisotopic (exact) mass is 655 g/mol. The normalized spacial score (nSPS) is 11.3. The number of hydrogen-bond donors (Lipinski definition) is 2. The van der Waals surface area contributed by atoms with Crippen molar-refractivity contribution in [3.8, 4) is 11.5 Å². The van der Waals surface area contributed by atoms with Gasteiger partial charge in [-0.15, -0.1) is 0 Å². The number of nitrogens with one attached hydrogen (secondary N) is 2. The van der Waals surface area contributed by atoms with E-state index in [4.69, 9.17) is 9.47 Å². The molecule has 2 N–H and O–H groups in total. The van der Waals surface area contributed by atoms with Gasteiger partial charge in [0.2, 0.25) is 5.91 Å². The summed E-state index contributed by atoms with van der Waals surface area (Å²) in [4.78, 5) is 51.1. The largest absolute Gasteiger partial charge is 0.457 e. The number of fused-ring (bicyclic) bond motifs is 1. The Hall–Kier alpha value is -5.46. The summed E-state index contributed by atoms with van der Waals surface area (Å²) in [6.45, 7) is 12.5. The molecule has 0 bridgehead atoms. The van der Waals surface area contributed by atoms with E-state index < -0.39 is 0 Å². The van der Waals surface area contributed by atoms with E-state index in [1.54, 1.807) is 67.7 Å². The third-order valence-corrected chi connectivity index (χ3v) is 6.25. The number of carbonyl (C=O) groups is 3. The Morgan fingerprint density at radius 1 is 1.02 bits per heavy atom. The van der Waals surface area contributed by atoms with Crippen LogP contribution in [-0.4, -0.2) is 72.4 Å². The second-order valence-corrected chi connectivity index (χ2v) is 9.99. The number of aromatic nitrogens is 3. The van der Waals surface area contributed by atoms with E-state index in [-0.39, 0.29) is 11.9 Å². The van der Waals surface area contributed by atoms with Gasteiger partial charge in [0, 0.05) is 43.4 Å². The van der Waals surface area contributed by atoms with Gasteiger partial charge in [-0.1, -0.05) is 44.2 Å². The van der Waals surface area contributed by atoms with E-state index in [2.05, 4.69) is 32.2 Å². The molecule has 0 atom stereocenters. The van der Waals surface area contributed by atoms with Crippen molar-refractivity contribution in [2.24, 2.45) is 0 Å². The molecule has 2 aromatic heterocycles. The average molecular weight is 656 g/mol. The first-order chi connectivity index (χ1) is 23.2. The molecule has 2 aromatic carbocycles. The molecule has 12 nitrogen and oxygen atoms in total. The molecular weight excluding hydrogens is 610 g/mol. The van der Waals surface area contributed by atoms with Gasteiger partial charge in [0.1, 0.15) is 28.8 Å². The van der Waals surface area contributed by atoms with Crippen LogP contribution in [0.15, 0.2) is 85.7 Å². The summed E-state index contributed by atoms with van der Waals surface area (Å²) in [7, 11) is 5.35. The van der Waals surface area contributed by atoms with Crippen LogP contribution in [0.4, 0.5) is 22.0 Å². The molecule has 4 aromatic rings. The lowest BCUT2D eigenvalue weighted by Gasteiger charge is -2.36. The summed E-state index contributed by atoms with van der Waals surface area (Å²) < 4.78 is 10.7. The molecule has 3 heterocycles. The highest BCUT2D eigenvalue weighted by atomic mass is 16.5. The average Bonchev–Trinajstić information content (AvgIpc) is 3.10. The lowest BCUT2D eigenvalue weighted by molar-refractivity contribution is -0.111. The fourth-order valence-corrected chi connectivity index (χ4v) is 4.12. The Morgan fingerprint density at radius 2 is 1.73 bits per heavy atom. The fraction of sp³-hybridized carbons (Fsp3) is 0.278. The highest BCUT2D eigenvalue weighted by Gasteiger charge is 2.33. The van der Waals surface area contributed by atoms with Crippen molar-refractivity contribution in [1.29, 1.82) is 0 Å². The minimum Gasteiger partial charge on any atom is -0.457 e. The molecule has 254 valence electrons. The number of aryl methyl sites for hydroxylation is 2. The number of aldehydes is 1. The van der Waals surface area contributed by atoms with Crippen LogP contribution >= 0.6 is 0 Å². The van der Waals surface area contributed by atoms with Gasteiger partial charge in [-0.25, -0.2) is 19.7 Å². The van der Waals surface area contributed by atoms with Gasteiger partial charge in [-0.2, -0.15) is 0 Å². The van der Waals surface area contributed by atoms with Crippen molar-refractivity contribution in [2.75, 3.05) is 44.6 Å². The van der Waals surface area contributed by atoms with E-state index in [0.717, 1.165) is 11.3 Å². The molecule has 0 saturated carbocycles. The number of carbonyl (C=O) groups excluding carboxylic acids is 3. The van der Waals surface area contributed by atoms with Crippen LogP contribution in [0.3, 0.4) is 0 Å². The number of urea groups is 1. The van der Waals surface area contributed by atoms with E-state index in [0.29, 0.717) is 60.4 Å². The van der Waals surface area contributed by atoms with Crippen molar-refractivity contribution >= 4 is 35.4 Å². The van der Waals surface area contributed by atoms with Crippen LogP contribution in [0.5, 0.6) is 11.5 Å². The molecule has 1 aliphatic heterocycles. The Bertz CT molecular complexity index is 1630.